The molecule has 96 valence electrons. The van der Waals surface area contributed by atoms with E-state index < -0.39 is 5.97 Å². The van der Waals surface area contributed by atoms with Crippen molar-refractivity contribution in [2.24, 2.45) is 11.8 Å². The number of carbonyl (C=O) groups is 1. The van der Waals surface area contributed by atoms with Crippen molar-refractivity contribution < 1.29 is 9.90 Å². The first-order chi connectivity index (χ1) is 8.68. The van der Waals surface area contributed by atoms with Crippen LogP contribution in [-0.4, -0.2) is 36.1 Å². The van der Waals surface area contributed by atoms with Crippen LogP contribution in [0.2, 0.25) is 0 Å². The van der Waals surface area contributed by atoms with Crippen molar-refractivity contribution >= 4 is 5.97 Å². The van der Waals surface area contributed by atoms with Crippen molar-refractivity contribution in [3.63, 3.8) is 0 Å². The first-order valence-corrected chi connectivity index (χ1v) is 6.31. The van der Waals surface area contributed by atoms with Crippen LogP contribution < -0.4 is 0 Å². The van der Waals surface area contributed by atoms with Crippen LogP contribution >= 0.6 is 0 Å². The Balaban J connectivity index is 2.24. The molecule has 0 spiro atoms. The molecule has 1 heterocycles. The Hall–Kier alpha value is -1.61. The van der Waals surface area contributed by atoms with E-state index in [0.717, 1.165) is 25.1 Å². The van der Waals surface area contributed by atoms with E-state index in [0.29, 0.717) is 0 Å². The third-order valence-corrected chi connectivity index (χ3v) is 3.58. The molecule has 3 nitrogen and oxygen atoms in total. The lowest BCUT2D eigenvalue weighted by Gasteiger charge is -2.35. The van der Waals surface area contributed by atoms with Gasteiger partial charge in [0.1, 0.15) is 0 Å². The fraction of sp³-hybridized carbons (Fsp3) is 0.400. The topological polar surface area (TPSA) is 40.5 Å². The summed E-state index contributed by atoms with van der Waals surface area (Å²) in [5.74, 6) is -0.869. The molecule has 0 aromatic heterocycles. The largest absolute Gasteiger partial charge is 0.481 e. The van der Waals surface area contributed by atoms with Crippen LogP contribution in [0, 0.1) is 11.8 Å². The average molecular weight is 245 g/mol. The maximum atomic E-state index is 11.4. The van der Waals surface area contributed by atoms with Crippen LogP contribution in [0.4, 0.5) is 0 Å². The van der Waals surface area contributed by atoms with Crippen LogP contribution in [0.1, 0.15) is 6.42 Å². The first kappa shape index (κ1) is 12.8. The fourth-order valence-corrected chi connectivity index (χ4v) is 2.58. The lowest BCUT2D eigenvalue weighted by Crippen LogP contribution is -2.41. The predicted molar refractivity (Wildman–Crippen MR) is 72.2 cm³/mol. The van der Waals surface area contributed by atoms with Crippen molar-refractivity contribution in [2.45, 2.75) is 6.42 Å². The van der Waals surface area contributed by atoms with Gasteiger partial charge in [-0.1, -0.05) is 42.5 Å². The monoisotopic (exact) mass is 245 g/mol. The zero-order valence-corrected chi connectivity index (χ0v) is 10.6. The number of carboxylic acid groups (broad SMARTS) is 1. The van der Waals surface area contributed by atoms with Gasteiger partial charge in [0, 0.05) is 12.5 Å². The summed E-state index contributed by atoms with van der Waals surface area (Å²) in [4.78, 5) is 13.6. The Morgan fingerprint density at radius 2 is 2.00 bits per heavy atom. The van der Waals surface area contributed by atoms with Crippen LogP contribution in [0.3, 0.4) is 0 Å². The zero-order chi connectivity index (χ0) is 13.0. The molecule has 1 N–H and O–H groups in total. The molecule has 0 amide bonds. The summed E-state index contributed by atoms with van der Waals surface area (Å²) in [6.45, 7) is 1.67. The molecule has 2 rings (SSSR count). The SMILES string of the molecule is CN1CCC(C(=O)O)C(C2=C/C=C\C=C/C=C\2)C1. The van der Waals surface area contributed by atoms with Gasteiger partial charge in [0.2, 0.25) is 0 Å². The molecule has 1 aliphatic heterocycles. The van der Waals surface area contributed by atoms with Crippen LogP contribution in [-0.2, 0) is 4.79 Å². The molecule has 0 saturated carbocycles. The maximum Gasteiger partial charge on any atom is 0.307 e. The van der Waals surface area contributed by atoms with E-state index in [1.807, 2.05) is 49.6 Å². The lowest BCUT2D eigenvalue weighted by molar-refractivity contribution is -0.144. The second-order valence-electron chi connectivity index (χ2n) is 4.90. The molecule has 3 heteroatoms. The summed E-state index contributed by atoms with van der Waals surface area (Å²) in [5.41, 5.74) is 1.11. The van der Waals surface area contributed by atoms with Crippen LogP contribution in [0.15, 0.2) is 48.1 Å². The van der Waals surface area contributed by atoms with Gasteiger partial charge in [-0.25, -0.2) is 0 Å². The highest BCUT2D eigenvalue weighted by atomic mass is 16.4. The molecular formula is C15H19NO2. The number of allylic oxidation sites excluding steroid dienone is 7. The van der Waals surface area contributed by atoms with Gasteiger partial charge in [-0.15, -0.1) is 0 Å². The Morgan fingerprint density at radius 3 is 2.78 bits per heavy atom. The number of aliphatic carboxylic acids is 1. The van der Waals surface area contributed by atoms with Gasteiger partial charge in [0.15, 0.2) is 0 Å². The quantitative estimate of drug-likeness (QED) is 0.811. The lowest BCUT2D eigenvalue weighted by atomic mass is 9.80. The number of piperidine rings is 1. The third kappa shape index (κ3) is 2.99. The molecule has 0 bridgehead atoms. The van der Waals surface area contributed by atoms with Crippen molar-refractivity contribution in [1.29, 1.82) is 0 Å². The molecule has 2 aliphatic rings. The number of hydrogen-bond acceptors (Lipinski definition) is 2. The Morgan fingerprint density at radius 1 is 1.28 bits per heavy atom. The summed E-state index contributed by atoms with van der Waals surface area (Å²) in [5, 5.41) is 9.35. The van der Waals surface area contributed by atoms with E-state index in [1.54, 1.807) is 0 Å². The second-order valence-corrected chi connectivity index (χ2v) is 4.90. The summed E-state index contributed by atoms with van der Waals surface area (Å²) in [7, 11) is 2.05. The number of likely N-dealkylation sites (tertiary alicyclic amines) is 1. The normalized spacial score (nSPS) is 36.8. The maximum absolute atomic E-state index is 11.4. The van der Waals surface area contributed by atoms with E-state index in [1.165, 1.54) is 0 Å². The number of nitrogens with zero attached hydrogens (tertiary/aromatic N) is 1. The highest BCUT2D eigenvalue weighted by Gasteiger charge is 2.34. The number of carboxylic acids is 1. The van der Waals surface area contributed by atoms with E-state index in [9.17, 15) is 9.90 Å². The van der Waals surface area contributed by atoms with Gasteiger partial charge >= 0.3 is 5.97 Å². The van der Waals surface area contributed by atoms with E-state index in [4.69, 9.17) is 0 Å². The second kappa shape index (κ2) is 5.83. The van der Waals surface area contributed by atoms with Crippen LogP contribution in [0.25, 0.3) is 0 Å². The number of hydrogen-bond donors (Lipinski definition) is 1. The van der Waals surface area contributed by atoms with Gasteiger partial charge < -0.3 is 10.0 Å². The highest BCUT2D eigenvalue weighted by Crippen LogP contribution is 2.30. The summed E-state index contributed by atoms with van der Waals surface area (Å²) in [6, 6.07) is 0. The Labute approximate surface area is 108 Å². The molecule has 1 aliphatic carbocycles. The third-order valence-electron chi connectivity index (χ3n) is 3.58. The molecule has 18 heavy (non-hydrogen) atoms. The molecular weight excluding hydrogens is 226 g/mol. The minimum absolute atomic E-state index is 0.0775. The van der Waals surface area contributed by atoms with Crippen molar-refractivity contribution in [1.82, 2.24) is 4.90 Å². The highest BCUT2D eigenvalue weighted by molar-refractivity contribution is 5.71. The average Bonchev–Trinajstić information content (AvgIpc) is 2.27. The molecule has 1 saturated heterocycles. The van der Waals surface area contributed by atoms with Gasteiger partial charge in [-0.3, -0.25) is 4.79 Å². The minimum atomic E-state index is -0.677. The van der Waals surface area contributed by atoms with Crippen molar-refractivity contribution in [3.05, 3.63) is 48.1 Å². The van der Waals surface area contributed by atoms with Gasteiger partial charge in [0.25, 0.3) is 0 Å². The molecule has 0 aromatic rings. The number of rotatable bonds is 2. The van der Waals surface area contributed by atoms with E-state index in [-0.39, 0.29) is 11.8 Å². The van der Waals surface area contributed by atoms with Crippen LogP contribution in [0.5, 0.6) is 0 Å². The molecule has 0 aromatic carbocycles. The molecule has 0 radical (unpaired) electrons. The summed E-state index contributed by atoms with van der Waals surface area (Å²) >= 11 is 0. The smallest absolute Gasteiger partial charge is 0.307 e. The Bertz CT molecular complexity index is 432. The Kier molecular flexibility index (Phi) is 4.15. The molecule has 2 atom stereocenters. The van der Waals surface area contributed by atoms with E-state index >= 15 is 0 Å². The first-order valence-electron chi connectivity index (χ1n) is 6.31. The standard InChI is InChI=1S/C15H19NO2/c1-16-10-9-13(15(17)18)14(11-16)12-7-5-3-2-4-6-8-12/h2-8,13-14H,9-11H2,1H3,(H,17,18)/b3-2-,4-2?,5-3?,6-4-,7-5-,8-6?,12-7?,12-8+. The molecule has 1 fully saturated rings. The minimum Gasteiger partial charge on any atom is -0.481 e. The zero-order valence-electron chi connectivity index (χ0n) is 10.6. The predicted octanol–water partition coefficient (Wildman–Crippen LogP) is 2.25. The summed E-state index contributed by atoms with van der Waals surface area (Å²) in [6.07, 6.45) is 14.6. The van der Waals surface area contributed by atoms with Gasteiger partial charge in [0.05, 0.1) is 5.92 Å². The van der Waals surface area contributed by atoms with Crippen molar-refractivity contribution in [3.8, 4) is 0 Å². The van der Waals surface area contributed by atoms with Crippen molar-refractivity contribution in [2.75, 3.05) is 20.1 Å². The van der Waals surface area contributed by atoms with Gasteiger partial charge in [-0.05, 0) is 25.6 Å². The fourth-order valence-electron chi connectivity index (χ4n) is 2.58. The van der Waals surface area contributed by atoms with Gasteiger partial charge in [-0.2, -0.15) is 0 Å². The van der Waals surface area contributed by atoms with E-state index in [2.05, 4.69) is 4.90 Å². The summed E-state index contributed by atoms with van der Waals surface area (Å²) < 4.78 is 0. The molecule has 2 unspecified atom stereocenters.